The number of sulfonamides is 1. The van der Waals surface area contributed by atoms with Gasteiger partial charge in [0.25, 0.3) is 5.91 Å². The van der Waals surface area contributed by atoms with E-state index in [1.807, 2.05) is 24.3 Å². The van der Waals surface area contributed by atoms with Crippen molar-refractivity contribution in [3.8, 4) is 0 Å². The molecule has 1 atom stereocenters. The Hall–Kier alpha value is -2.19. The number of carbonyl (C=O) groups excluding carboxylic acids is 1. The molecule has 0 saturated carbocycles. The molecule has 0 aliphatic heterocycles. The molecular weight excluding hydrogens is 418 g/mol. The van der Waals surface area contributed by atoms with Crippen molar-refractivity contribution in [2.75, 3.05) is 10.6 Å². The van der Waals surface area contributed by atoms with Crippen LogP contribution < -0.4 is 9.73 Å². The highest BCUT2D eigenvalue weighted by Gasteiger charge is 2.28. The minimum Gasteiger partial charge on any atom is -0.271 e. The molecule has 0 radical (unpaired) electrons. The maximum absolute atomic E-state index is 12.5. The molecule has 138 valence electrons. The first-order valence-electron chi connectivity index (χ1n) is 7.84. The number of nitrogens with one attached hydrogen (secondary N) is 1. The zero-order valence-electron chi connectivity index (χ0n) is 14.7. The Kier molecular flexibility index (Phi) is 6.55. The van der Waals surface area contributed by atoms with Crippen molar-refractivity contribution in [1.82, 2.24) is 5.43 Å². The van der Waals surface area contributed by atoms with Gasteiger partial charge in [0, 0.05) is 4.47 Å². The lowest BCUT2D eigenvalue weighted by Gasteiger charge is -2.27. The average molecular weight is 438 g/mol. The van der Waals surface area contributed by atoms with Gasteiger partial charge in [0.2, 0.25) is 10.0 Å². The van der Waals surface area contributed by atoms with Crippen LogP contribution in [0.3, 0.4) is 0 Å². The van der Waals surface area contributed by atoms with Crippen molar-refractivity contribution in [2.45, 2.75) is 19.9 Å². The number of hydrogen-bond donors (Lipinski definition) is 1. The SMILES string of the molecule is C/C(=N\NC(=O)C(C)N(c1ccccc1)S(C)(=O)=O)c1cccc(Br)c1. The third-order valence-electron chi connectivity index (χ3n) is 3.68. The van der Waals surface area contributed by atoms with Gasteiger partial charge in [-0.2, -0.15) is 5.10 Å². The second-order valence-electron chi connectivity index (χ2n) is 5.75. The van der Waals surface area contributed by atoms with Crippen LogP contribution in [0.4, 0.5) is 5.69 Å². The molecule has 8 heteroatoms. The van der Waals surface area contributed by atoms with Crippen LogP contribution in [0.15, 0.2) is 64.2 Å². The zero-order valence-corrected chi connectivity index (χ0v) is 17.1. The fraction of sp³-hybridized carbons (Fsp3) is 0.222. The first kappa shape index (κ1) is 20.1. The molecule has 0 saturated heterocycles. The fourth-order valence-corrected chi connectivity index (χ4v) is 3.97. The molecule has 1 N–H and O–H groups in total. The van der Waals surface area contributed by atoms with E-state index < -0.39 is 22.0 Å². The van der Waals surface area contributed by atoms with Gasteiger partial charge >= 0.3 is 0 Å². The van der Waals surface area contributed by atoms with Crippen molar-refractivity contribution >= 4 is 43.3 Å². The maximum atomic E-state index is 12.5. The molecule has 0 aromatic heterocycles. The number of benzene rings is 2. The summed E-state index contributed by atoms with van der Waals surface area (Å²) >= 11 is 3.38. The number of para-hydroxylation sites is 1. The lowest BCUT2D eigenvalue weighted by molar-refractivity contribution is -0.121. The molecule has 2 aromatic rings. The highest BCUT2D eigenvalue weighted by Crippen LogP contribution is 2.20. The molecule has 0 heterocycles. The zero-order chi connectivity index (χ0) is 19.3. The van der Waals surface area contributed by atoms with Crippen molar-refractivity contribution in [3.63, 3.8) is 0 Å². The van der Waals surface area contributed by atoms with Crippen LogP contribution in [0.2, 0.25) is 0 Å². The highest BCUT2D eigenvalue weighted by atomic mass is 79.9. The van der Waals surface area contributed by atoms with Crippen LogP contribution in [-0.2, 0) is 14.8 Å². The van der Waals surface area contributed by atoms with E-state index in [4.69, 9.17) is 0 Å². The summed E-state index contributed by atoms with van der Waals surface area (Å²) in [7, 11) is -3.64. The third-order valence-corrected chi connectivity index (χ3v) is 5.41. The standard InChI is InChI=1S/C18H20BrN3O3S/c1-13(15-8-7-9-16(19)12-15)20-21-18(23)14(2)22(26(3,24)25)17-10-5-4-6-11-17/h4-12,14H,1-3H3,(H,21,23)/b20-13+. The van der Waals surface area contributed by atoms with Gasteiger partial charge < -0.3 is 0 Å². The number of rotatable bonds is 6. The molecule has 1 unspecified atom stereocenters. The summed E-state index contributed by atoms with van der Waals surface area (Å²) in [5.41, 5.74) is 4.32. The molecule has 0 fully saturated rings. The number of halogens is 1. The van der Waals surface area contributed by atoms with Crippen LogP contribution in [0.25, 0.3) is 0 Å². The second kappa shape index (κ2) is 8.46. The molecule has 0 spiro atoms. The summed E-state index contributed by atoms with van der Waals surface area (Å²) in [5, 5.41) is 4.09. The predicted molar refractivity (Wildman–Crippen MR) is 108 cm³/mol. The van der Waals surface area contributed by atoms with Gasteiger partial charge in [0.15, 0.2) is 0 Å². The third kappa shape index (κ3) is 5.15. The summed E-state index contributed by atoms with van der Waals surface area (Å²) in [5.74, 6) is -0.520. The van der Waals surface area contributed by atoms with Crippen molar-refractivity contribution < 1.29 is 13.2 Å². The van der Waals surface area contributed by atoms with E-state index >= 15 is 0 Å². The lowest BCUT2D eigenvalue weighted by Crippen LogP contribution is -2.46. The highest BCUT2D eigenvalue weighted by molar-refractivity contribution is 9.10. The summed E-state index contributed by atoms with van der Waals surface area (Å²) < 4.78 is 26.3. The normalized spacial score (nSPS) is 13.2. The van der Waals surface area contributed by atoms with Gasteiger partial charge in [-0.25, -0.2) is 13.8 Å². The Morgan fingerprint density at radius 3 is 2.38 bits per heavy atom. The van der Waals surface area contributed by atoms with Crippen LogP contribution in [-0.4, -0.2) is 32.3 Å². The monoisotopic (exact) mass is 437 g/mol. The molecule has 0 aliphatic rings. The first-order valence-corrected chi connectivity index (χ1v) is 10.5. The Morgan fingerprint density at radius 2 is 1.81 bits per heavy atom. The average Bonchev–Trinajstić information content (AvgIpc) is 2.59. The predicted octanol–water partition coefficient (Wildman–Crippen LogP) is 3.14. The number of nitrogens with zero attached hydrogens (tertiary/aromatic N) is 2. The van der Waals surface area contributed by atoms with Gasteiger partial charge in [0.05, 0.1) is 17.7 Å². The Balaban J connectivity index is 2.20. The minimum atomic E-state index is -3.64. The largest absolute Gasteiger partial charge is 0.271 e. The van der Waals surface area contributed by atoms with E-state index in [0.29, 0.717) is 11.4 Å². The quantitative estimate of drug-likeness (QED) is 0.556. The molecule has 0 bridgehead atoms. The minimum absolute atomic E-state index is 0.422. The molecule has 1 amide bonds. The van der Waals surface area contributed by atoms with E-state index in [9.17, 15) is 13.2 Å². The topological polar surface area (TPSA) is 78.8 Å². The first-order chi connectivity index (χ1) is 12.2. The Bertz CT molecular complexity index is 914. The van der Waals surface area contributed by atoms with Gasteiger partial charge in [0.1, 0.15) is 6.04 Å². The number of amides is 1. The summed E-state index contributed by atoms with van der Waals surface area (Å²) in [6.07, 6.45) is 1.07. The van der Waals surface area contributed by atoms with Crippen LogP contribution in [0.5, 0.6) is 0 Å². The summed E-state index contributed by atoms with van der Waals surface area (Å²) in [4.78, 5) is 12.5. The van der Waals surface area contributed by atoms with Gasteiger partial charge in [-0.15, -0.1) is 0 Å². The number of hydrogen-bond acceptors (Lipinski definition) is 4. The van der Waals surface area contributed by atoms with Crippen molar-refractivity contribution in [3.05, 3.63) is 64.6 Å². The molecule has 2 rings (SSSR count). The van der Waals surface area contributed by atoms with Crippen LogP contribution >= 0.6 is 15.9 Å². The molecule has 0 aliphatic carbocycles. The van der Waals surface area contributed by atoms with E-state index in [-0.39, 0.29) is 0 Å². The van der Waals surface area contributed by atoms with Crippen molar-refractivity contribution in [2.24, 2.45) is 5.10 Å². The number of anilines is 1. The van der Waals surface area contributed by atoms with Gasteiger partial charge in [-0.3, -0.25) is 9.10 Å². The molecule has 2 aromatic carbocycles. The van der Waals surface area contributed by atoms with Crippen LogP contribution in [0, 0.1) is 0 Å². The molecule has 6 nitrogen and oxygen atoms in total. The maximum Gasteiger partial charge on any atom is 0.263 e. The smallest absolute Gasteiger partial charge is 0.263 e. The summed E-state index contributed by atoms with van der Waals surface area (Å²) in [6.45, 7) is 3.28. The van der Waals surface area contributed by atoms with E-state index in [1.165, 1.54) is 6.92 Å². The fourth-order valence-electron chi connectivity index (χ4n) is 2.39. The Morgan fingerprint density at radius 1 is 1.15 bits per heavy atom. The summed E-state index contributed by atoms with van der Waals surface area (Å²) in [6, 6.07) is 15.0. The molecular formula is C18H20BrN3O3S. The Labute approximate surface area is 162 Å². The van der Waals surface area contributed by atoms with Crippen LogP contribution in [0.1, 0.15) is 19.4 Å². The van der Waals surface area contributed by atoms with E-state index in [0.717, 1.165) is 20.6 Å². The van der Waals surface area contributed by atoms with Crippen molar-refractivity contribution in [1.29, 1.82) is 0 Å². The second-order valence-corrected chi connectivity index (χ2v) is 8.53. The van der Waals surface area contributed by atoms with E-state index in [1.54, 1.807) is 37.3 Å². The van der Waals surface area contributed by atoms with E-state index in [2.05, 4.69) is 26.5 Å². The van der Waals surface area contributed by atoms with Gasteiger partial charge in [-0.05, 0) is 43.7 Å². The molecule has 26 heavy (non-hydrogen) atoms. The lowest BCUT2D eigenvalue weighted by atomic mass is 10.1. The number of carbonyl (C=O) groups is 1. The number of hydrazone groups is 1. The van der Waals surface area contributed by atoms with Gasteiger partial charge in [-0.1, -0.05) is 46.3 Å².